The van der Waals surface area contributed by atoms with E-state index < -0.39 is 11.7 Å². The second-order valence-electron chi connectivity index (χ2n) is 7.11. The van der Waals surface area contributed by atoms with E-state index in [0.29, 0.717) is 16.4 Å². The van der Waals surface area contributed by atoms with Crippen LogP contribution in [0.3, 0.4) is 0 Å². The summed E-state index contributed by atoms with van der Waals surface area (Å²) >= 11 is 0. The molecule has 5 heteroatoms. The minimum Gasteiger partial charge on any atom is -0.507 e. The molecule has 2 rings (SSSR count). The summed E-state index contributed by atoms with van der Waals surface area (Å²) in [7, 11) is -0.254. The second-order valence-corrected chi connectivity index (χ2v) is 8.44. The van der Waals surface area contributed by atoms with E-state index in [0.717, 1.165) is 5.56 Å². The number of aromatic hydroxyl groups is 1. The normalized spacial score (nSPS) is 13.0. The molecule has 2 aromatic carbocycles. The molecule has 1 unspecified atom stereocenters. The van der Waals surface area contributed by atoms with Gasteiger partial charge in [0.1, 0.15) is 5.75 Å². The number of phenols is 1. The number of rotatable bonds is 2. The zero-order valence-electron chi connectivity index (χ0n) is 14.5. The highest BCUT2D eigenvalue weighted by Gasteiger charge is 2.33. The smallest absolute Gasteiger partial charge is 0.417 e. The minimum atomic E-state index is -4.40. The summed E-state index contributed by atoms with van der Waals surface area (Å²) in [6.07, 6.45) is -4.40. The van der Waals surface area contributed by atoms with Gasteiger partial charge in [0.2, 0.25) is 0 Å². The zero-order valence-corrected chi connectivity index (χ0v) is 15.5. The molecular weight excluding hydrogens is 332 g/mol. The van der Waals surface area contributed by atoms with Crippen LogP contribution in [0.4, 0.5) is 13.2 Å². The third-order valence-corrected chi connectivity index (χ3v) is 5.27. The average Bonchev–Trinajstić information content (AvgIpc) is 2.43. The predicted octanol–water partition coefficient (Wildman–Crippen LogP) is 4.95. The van der Waals surface area contributed by atoms with Crippen LogP contribution in [0.25, 0.3) is 0 Å². The number of hydrogen-bond donors (Lipinski definition) is 1. The Morgan fingerprint density at radius 1 is 0.917 bits per heavy atom. The van der Waals surface area contributed by atoms with Gasteiger partial charge in [0, 0.05) is 5.30 Å². The molecule has 1 N–H and O–H groups in total. The lowest BCUT2D eigenvalue weighted by molar-refractivity contribution is -0.136. The molecule has 130 valence electrons. The van der Waals surface area contributed by atoms with Crippen molar-refractivity contribution in [1.29, 1.82) is 0 Å². The van der Waals surface area contributed by atoms with Gasteiger partial charge in [-0.2, -0.15) is 13.2 Å². The Bertz CT molecular complexity index is 758. The Balaban J connectivity index is 2.55. The number of benzene rings is 2. The van der Waals surface area contributed by atoms with Crippen molar-refractivity contribution in [1.82, 2.24) is 0 Å². The van der Waals surface area contributed by atoms with Crippen molar-refractivity contribution >= 4 is 19.2 Å². The number of phenolic OH excluding ortho intramolecular Hbond substituents is 1. The Morgan fingerprint density at radius 2 is 1.54 bits per heavy atom. The maximum atomic E-state index is 13.3. The zero-order chi connectivity index (χ0) is 18.3. The highest BCUT2D eigenvalue weighted by molar-refractivity contribution is 7.55. The fourth-order valence-corrected chi connectivity index (χ4v) is 3.80. The van der Waals surface area contributed by atoms with Gasteiger partial charge in [-0.3, -0.25) is 0 Å². The van der Waals surface area contributed by atoms with E-state index in [2.05, 4.69) is 0 Å². The van der Waals surface area contributed by atoms with E-state index in [1.807, 2.05) is 32.9 Å². The molecule has 1 atom stereocenters. The molecular formula is C19H22F3OP. The van der Waals surface area contributed by atoms with Gasteiger partial charge >= 0.3 is 6.18 Å². The lowest BCUT2D eigenvalue weighted by Crippen LogP contribution is -2.20. The molecule has 0 spiro atoms. The molecule has 0 fully saturated rings. The van der Waals surface area contributed by atoms with Crippen molar-refractivity contribution in [2.24, 2.45) is 0 Å². The molecule has 0 aliphatic heterocycles. The van der Waals surface area contributed by atoms with Gasteiger partial charge in [-0.05, 0) is 47.8 Å². The maximum Gasteiger partial charge on any atom is 0.417 e. The topological polar surface area (TPSA) is 20.2 Å². The highest BCUT2D eigenvalue weighted by atomic mass is 31.1. The largest absolute Gasteiger partial charge is 0.507 e. The first kappa shape index (κ1) is 18.8. The van der Waals surface area contributed by atoms with Crippen LogP contribution in [0.2, 0.25) is 0 Å². The Kier molecular flexibility index (Phi) is 5.01. The third-order valence-electron chi connectivity index (χ3n) is 3.92. The highest BCUT2D eigenvalue weighted by Crippen LogP contribution is 2.34. The second kappa shape index (κ2) is 6.40. The number of hydrogen-bond acceptors (Lipinski definition) is 1. The van der Waals surface area contributed by atoms with Gasteiger partial charge in [-0.15, -0.1) is 0 Å². The molecule has 24 heavy (non-hydrogen) atoms. The van der Waals surface area contributed by atoms with Crippen molar-refractivity contribution in [3.63, 3.8) is 0 Å². The summed E-state index contributed by atoms with van der Waals surface area (Å²) in [6.45, 7) is 9.54. The van der Waals surface area contributed by atoms with E-state index in [9.17, 15) is 18.3 Å². The molecule has 0 aliphatic carbocycles. The van der Waals surface area contributed by atoms with Gasteiger partial charge < -0.3 is 5.11 Å². The number of halogens is 3. The first-order valence-electron chi connectivity index (χ1n) is 7.68. The maximum absolute atomic E-state index is 13.3. The Morgan fingerprint density at radius 3 is 2.08 bits per heavy atom. The van der Waals surface area contributed by atoms with Crippen LogP contribution in [-0.4, -0.2) is 5.11 Å². The van der Waals surface area contributed by atoms with Crippen molar-refractivity contribution in [2.45, 2.75) is 46.2 Å². The average molecular weight is 354 g/mol. The van der Waals surface area contributed by atoms with Crippen LogP contribution in [0.15, 0.2) is 30.3 Å². The van der Waals surface area contributed by atoms with Gasteiger partial charge in [0.05, 0.1) is 5.56 Å². The quantitative estimate of drug-likeness (QED) is 0.756. The number of alkyl halides is 3. The summed E-state index contributed by atoms with van der Waals surface area (Å²) in [6, 6.07) is 8.06. The SMILES string of the molecule is Cc1ccc(Pc2cc(C(C)(C)C)cc(C)c2O)c(C(F)(F)F)c1. The molecule has 0 bridgehead atoms. The first-order chi connectivity index (χ1) is 10.9. The molecule has 0 saturated carbocycles. The van der Waals surface area contributed by atoms with Crippen molar-refractivity contribution in [3.05, 3.63) is 52.6 Å². The summed E-state index contributed by atoms with van der Waals surface area (Å²) in [5.74, 6) is 0.0787. The van der Waals surface area contributed by atoms with E-state index in [1.165, 1.54) is 12.1 Å². The molecule has 2 aromatic rings. The summed E-state index contributed by atoms with van der Waals surface area (Å²) in [5.41, 5.74) is 1.49. The molecule has 0 radical (unpaired) electrons. The summed E-state index contributed by atoms with van der Waals surface area (Å²) in [4.78, 5) is 0. The van der Waals surface area contributed by atoms with Crippen molar-refractivity contribution < 1.29 is 18.3 Å². The van der Waals surface area contributed by atoms with E-state index in [1.54, 1.807) is 19.9 Å². The van der Waals surface area contributed by atoms with Gasteiger partial charge in [-0.1, -0.05) is 53.1 Å². The van der Waals surface area contributed by atoms with E-state index >= 15 is 0 Å². The first-order valence-corrected chi connectivity index (χ1v) is 8.68. The molecule has 0 amide bonds. The van der Waals surface area contributed by atoms with Crippen molar-refractivity contribution in [3.8, 4) is 5.75 Å². The van der Waals surface area contributed by atoms with Crippen LogP contribution in [-0.2, 0) is 11.6 Å². The standard InChI is InChI=1S/C19H22F3OP/c1-11-6-7-15(14(8-11)19(20,21)22)24-16-10-13(18(3,4)5)9-12(2)17(16)23/h6-10,23-24H,1-5H3. The third kappa shape index (κ3) is 4.10. The van der Waals surface area contributed by atoms with Crippen molar-refractivity contribution in [2.75, 3.05) is 0 Å². The van der Waals surface area contributed by atoms with Gasteiger partial charge in [0.15, 0.2) is 0 Å². The Hall–Kier alpha value is -1.54. The van der Waals surface area contributed by atoms with Crippen LogP contribution in [0.5, 0.6) is 5.75 Å². The van der Waals surface area contributed by atoms with Gasteiger partial charge in [-0.25, -0.2) is 0 Å². The van der Waals surface area contributed by atoms with Crippen LogP contribution >= 0.6 is 8.58 Å². The minimum absolute atomic E-state index is 0.0787. The molecule has 0 aliphatic rings. The molecule has 0 heterocycles. The van der Waals surface area contributed by atoms with Gasteiger partial charge in [0.25, 0.3) is 0 Å². The van der Waals surface area contributed by atoms with Crippen LogP contribution < -0.4 is 10.6 Å². The monoisotopic (exact) mass is 354 g/mol. The van der Waals surface area contributed by atoms with Crippen LogP contribution in [0, 0.1) is 13.8 Å². The lowest BCUT2D eigenvalue weighted by Gasteiger charge is -2.22. The van der Waals surface area contributed by atoms with E-state index in [-0.39, 0.29) is 25.0 Å². The fourth-order valence-electron chi connectivity index (χ4n) is 2.45. The van der Waals surface area contributed by atoms with Crippen LogP contribution in [0.1, 0.15) is 43.0 Å². The predicted molar refractivity (Wildman–Crippen MR) is 95.3 cm³/mol. The molecule has 0 saturated heterocycles. The molecule has 0 aromatic heterocycles. The summed E-state index contributed by atoms with van der Waals surface area (Å²) in [5, 5.41) is 11.1. The number of aryl methyl sites for hydroxylation is 2. The molecule has 1 nitrogen and oxygen atoms in total. The summed E-state index contributed by atoms with van der Waals surface area (Å²) < 4.78 is 40.0. The van der Waals surface area contributed by atoms with E-state index in [4.69, 9.17) is 0 Å². The fraction of sp³-hybridized carbons (Fsp3) is 0.368. The Labute approximate surface area is 142 Å². The lowest BCUT2D eigenvalue weighted by atomic mass is 9.86.